The predicted octanol–water partition coefficient (Wildman–Crippen LogP) is 6.66. The number of nitrogens with zero attached hydrogens (tertiary/aromatic N) is 1. The molecule has 4 aromatic rings. The van der Waals surface area contributed by atoms with Crippen molar-refractivity contribution in [1.29, 1.82) is 0 Å². The van der Waals surface area contributed by atoms with Crippen LogP contribution in [0.1, 0.15) is 36.1 Å². The van der Waals surface area contributed by atoms with Crippen molar-refractivity contribution in [3.8, 4) is 5.75 Å². The Morgan fingerprint density at radius 1 is 1.05 bits per heavy atom. The van der Waals surface area contributed by atoms with Crippen molar-refractivity contribution < 1.29 is 14.6 Å². The van der Waals surface area contributed by atoms with Crippen LogP contribution in [-0.2, 0) is 11.2 Å². The van der Waals surface area contributed by atoms with E-state index in [1.54, 1.807) is 0 Å². The number of fused-ring (bicyclic) bond motifs is 2. The minimum Gasteiger partial charge on any atom is -0.482 e. The van der Waals surface area contributed by atoms with Crippen LogP contribution in [0, 0.1) is 12.8 Å². The molecule has 5 heteroatoms. The number of para-hydroxylation sites is 1. The Kier molecular flexibility index (Phi) is 7.42. The molecule has 1 unspecified atom stereocenters. The number of ether oxygens (including phenoxy) is 1. The zero-order chi connectivity index (χ0) is 25.8. The van der Waals surface area contributed by atoms with Crippen molar-refractivity contribution in [3.05, 3.63) is 102 Å². The van der Waals surface area contributed by atoms with Gasteiger partial charge in [0.15, 0.2) is 6.61 Å². The van der Waals surface area contributed by atoms with Crippen LogP contribution < -0.4 is 15.0 Å². The summed E-state index contributed by atoms with van der Waals surface area (Å²) in [4.78, 5) is 13.4. The molecule has 1 aliphatic heterocycles. The van der Waals surface area contributed by atoms with Crippen LogP contribution in [0.4, 0.5) is 11.4 Å². The third-order valence-corrected chi connectivity index (χ3v) is 7.36. The maximum absolute atomic E-state index is 11.0. The number of carboxylic acid groups (broad SMARTS) is 1. The molecule has 5 rings (SSSR count). The van der Waals surface area contributed by atoms with Gasteiger partial charge in [-0.25, -0.2) is 4.79 Å². The van der Waals surface area contributed by atoms with Crippen LogP contribution in [0.15, 0.2) is 84.9 Å². The van der Waals surface area contributed by atoms with Crippen molar-refractivity contribution in [2.45, 2.75) is 32.7 Å². The van der Waals surface area contributed by atoms with E-state index in [-0.39, 0.29) is 12.6 Å². The predicted molar refractivity (Wildman–Crippen MR) is 150 cm³/mol. The second-order valence-corrected chi connectivity index (χ2v) is 9.97. The highest BCUT2D eigenvalue weighted by Gasteiger charge is 2.26. The Labute approximate surface area is 218 Å². The van der Waals surface area contributed by atoms with Crippen molar-refractivity contribution in [2.75, 3.05) is 24.6 Å². The molecule has 5 nitrogen and oxygen atoms in total. The third kappa shape index (κ3) is 5.62. The van der Waals surface area contributed by atoms with Gasteiger partial charge in [0.2, 0.25) is 0 Å². The second-order valence-electron chi connectivity index (χ2n) is 9.97. The average molecular weight is 495 g/mol. The van der Waals surface area contributed by atoms with Crippen molar-refractivity contribution >= 4 is 28.1 Å². The van der Waals surface area contributed by atoms with E-state index in [4.69, 9.17) is 9.84 Å². The van der Waals surface area contributed by atoms with Crippen LogP contribution in [0.2, 0.25) is 0 Å². The highest BCUT2D eigenvalue weighted by atomic mass is 16.5. The highest BCUT2D eigenvalue weighted by molar-refractivity contribution is 5.86. The van der Waals surface area contributed by atoms with E-state index in [9.17, 15) is 4.79 Å². The summed E-state index contributed by atoms with van der Waals surface area (Å²) in [5.41, 5.74) is 5.85. The Hall–Kier alpha value is -3.83. The van der Waals surface area contributed by atoms with Gasteiger partial charge in [-0.05, 0) is 78.7 Å². The van der Waals surface area contributed by atoms with Gasteiger partial charge in [-0.3, -0.25) is 0 Å². The van der Waals surface area contributed by atoms with Gasteiger partial charge in [0.25, 0.3) is 0 Å². The molecular formula is C32H34N2O3. The lowest BCUT2D eigenvalue weighted by Gasteiger charge is -2.36. The van der Waals surface area contributed by atoms with Gasteiger partial charge in [0.05, 0.1) is 0 Å². The molecule has 0 radical (unpaired) electrons. The Balaban J connectivity index is 1.30. The standard InChI is InChI=1S/C32H34N2O3/c1-22-14-15-27(19-31(22)37-21-32(35)36)34-20-24(18-26-9-4-6-13-30(26)34)16-17-33-23(2)28-12-7-10-25-8-3-5-11-29(25)28/h3-15,19,23-24,33H,16-18,20-21H2,1-2H3,(H,35,36)/t23-,24?/m1/s1. The Morgan fingerprint density at radius 2 is 1.84 bits per heavy atom. The summed E-state index contributed by atoms with van der Waals surface area (Å²) in [7, 11) is 0. The number of anilines is 2. The van der Waals surface area contributed by atoms with Crippen LogP contribution in [0.25, 0.3) is 10.8 Å². The number of nitrogens with one attached hydrogen (secondary N) is 1. The highest BCUT2D eigenvalue weighted by Crippen LogP contribution is 2.38. The van der Waals surface area contributed by atoms with Gasteiger partial charge in [0.1, 0.15) is 5.75 Å². The van der Waals surface area contributed by atoms with Gasteiger partial charge >= 0.3 is 5.97 Å². The number of aryl methyl sites for hydroxylation is 1. The molecule has 37 heavy (non-hydrogen) atoms. The summed E-state index contributed by atoms with van der Waals surface area (Å²) >= 11 is 0. The van der Waals surface area contributed by atoms with Gasteiger partial charge < -0.3 is 20.1 Å². The van der Waals surface area contributed by atoms with Gasteiger partial charge in [0, 0.05) is 30.0 Å². The number of benzene rings is 4. The number of hydrogen-bond donors (Lipinski definition) is 2. The lowest BCUT2D eigenvalue weighted by atomic mass is 9.89. The summed E-state index contributed by atoms with van der Waals surface area (Å²) in [5.74, 6) is 0.135. The fourth-order valence-electron chi connectivity index (χ4n) is 5.41. The summed E-state index contributed by atoms with van der Waals surface area (Å²) in [6, 6.07) is 30.0. The van der Waals surface area contributed by atoms with E-state index < -0.39 is 5.97 Å². The Bertz CT molecular complexity index is 1390. The molecule has 0 aliphatic carbocycles. The van der Waals surface area contributed by atoms with Crippen LogP contribution >= 0.6 is 0 Å². The van der Waals surface area contributed by atoms with Gasteiger partial charge in [-0.2, -0.15) is 0 Å². The summed E-state index contributed by atoms with van der Waals surface area (Å²) in [6.45, 7) is 5.69. The summed E-state index contributed by atoms with van der Waals surface area (Å²) in [5, 5.41) is 15.4. The normalized spacial score (nSPS) is 15.8. The van der Waals surface area contributed by atoms with Gasteiger partial charge in [-0.15, -0.1) is 0 Å². The first-order chi connectivity index (χ1) is 18.0. The molecule has 0 saturated carbocycles. The molecule has 0 fully saturated rings. The molecule has 1 aliphatic rings. The fourth-order valence-corrected chi connectivity index (χ4v) is 5.41. The molecule has 2 N–H and O–H groups in total. The maximum atomic E-state index is 11.0. The third-order valence-electron chi connectivity index (χ3n) is 7.36. The molecule has 190 valence electrons. The lowest BCUT2D eigenvalue weighted by Crippen LogP contribution is -2.34. The minimum absolute atomic E-state index is 0.268. The molecule has 0 aromatic heterocycles. The minimum atomic E-state index is -0.974. The van der Waals surface area contributed by atoms with E-state index in [1.165, 1.54) is 27.6 Å². The molecule has 2 atom stereocenters. The van der Waals surface area contributed by atoms with Crippen LogP contribution in [-0.4, -0.2) is 30.8 Å². The number of hydrogen-bond acceptors (Lipinski definition) is 4. The quantitative estimate of drug-likeness (QED) is 0.272. The number of carbonyl (C=O) groups is 1. The number of carboxylic acids is 1. The first-order valence-electron chi connectivity index (χ1n) is 13.0. The van der Waals surface area contributed by atoms with Crippen LogP contribution in [0.5, 0.6) is 5.75 Å². The summed E-state index contributed by atoms with van der Waals surface area (Å²) < 4.78 is 5.57. The zero-order valence-electron chi connectivity index (χ0n) is 21.5. The van der Waals surface area contributed by atoms with E-state index in [0.717, 1.165) is 37.2 Å². The average Bonchev–Trinajstić information content (AvgIpc) is 2.91. The van der Waals surface area contributed by atoms with E-state index in [1.807, 2.05) is 19.1 Å². The summed E-state index contributed by atoms with van der Waals surface area (Å²) in [6.07, 6.45) is 2.11. The first-order valence-corrected chi connectivity index (χ1v) is 13.0. The molecule has 0 saturated heterocycles. The molecule has 0 amide bonds. The Morgan fingerprint density at radius 3 is 2.70 bits per heavy atom. The molecule has 4 aromatic carbocycles. The van der Waals surface area contributed by atoms with Crippen molar-refractivity contribution in [3.63, 3.8) is 0 Å². The fraction of sp³-hybridized carbons (Fsp3) is 0.281. The topological polar surface area (TPSA) is 61.8 Å². The van der Waals surface area contributed by atoms with E-state index in [2.05, 4.69) is 89.9 Å². The second kappa shape index (κ2) is 11.1. The molecule has 0 spiro atoms. The van der Waals surface area contributed by atoms with E-state index >= 15 is 0 Å². The van der Waals surface area contributed by atoms with Crippen molar-refractivity contribution in [2.24, 2.45) is 5.92 Å². The molecule has 0 bridgehead atoms. The largest absolute Gasteiger partial charge is 0.482 e. The first kappa shape index (κ1) is 24.8. The number of aliphatic carboxylic acids is 1. The monoisotopic (exact) mass is 494 g/mol. The maximum Gasteiger partial charge on any atom is 0.341 e. The van der Waals surface area contributed by atoms with Crippen molar-refractivity contribution in [1.82, 2.24) is 5.32 Å². The van der Waals surface area contributed by atoms with E-state index in [0.29, 0.717) is 11.7 Å². The molecular weight excluding hydrogens is 460 g/mol. The number of rotatable bonds is 9. The SMILES string of the molecule is Cc1ccc(N2CC(CCN[C@H](C)c3cccc4ccccc34)Cc3ccccc32)cc1OCC(=O)O. The molecule has 1 heterocycles. The van der Waals surface area contributed by atoms with Gasteiger partial charge in [-0.1, -0.05) is 66.7 Å². The lowest BCUT2D eigenvalue weighted by molar-refractivity contribution is -0.139. The zero-order valence-corrected chi connectivity index (χ0v) is 21.5. The van der Waals surface area contributed by atoms with Crippen LogP contribution in [0.3, 0.4) is 0 Å². The smallest absolute Gasteiger partial charge is 0.341 e.